The Kier molecular flexibility index (Phi) is 8.12. The van der Waals surface area contributed by atoms with E-state index in [1.807, 2.05) is 72.8 Å². The summed E-state index contributed by atoms with van der Waals surface area (Å²) in [5, 5.41) is 2.06. The molecule has 0 bridgehead atoms. The molecule has 0 aliphatic rings. The van der Waals surface area contributed by atoms with Crippen LogP contribution in [0.5, 0.6) is 0 Å². The first-order valence-electron chi connectivity index (χ1n) is 18.4. The maximum absolute atomic E-state index is 6.44. The van der Waals surface area contributed by atoms with E-state index in [0.717, 1.165) is 49.8 Å². The van der Waals surface area contributed by atoms with Crippen LogP contribution in [0, 0.1) is 0 Å². The molecule has 2 heterocycles. The summed E-state index contributed by atoms with van der Waals surface area (Å²) in [6, 6.07) is 69.6. The molecular weight excluding hydrogens is 671 g/mol. The zero-order valence-electron chi connectivity index (χ0n) is 29.8. The lowest BCUT2D eigenvalue weighted by Gasteiger charge is -2.12. The smallest absolute Gasteiger partial charge is 0.164 e. The number of hydrogen-bond acceptors (Lipinski definition) is 4. The minimum absolute atomic E-state index is 0.617. The molecule has 55 heavy (non-hydrogen) atoms. The van der Waals surface area contributed by atoms with E-state index in [1.54, 1.807) is 0 Å². The Labute approximate surface area is 319 Å². The predicted octanol–water partition coefficient (Wildman–Crippen LogP) is 13.4. The van der Waals surface area contributed by atoms with E-state index in [0.29, 0.717) is 17.5 Å². The molecule has 0 aliphatic heterocycles. The monoisotopic (exact) mass is 703 g/mol. The Morgan fingerprint density at radius 3 is 1.11 bits per heavy atom. The van der Waals surface area contributed by atoms with Crippen molar-refractivity contribution in [3.63, 3.8) is 0 Å². The van der Waals surface area contributed by atoms with Crippen molar-refractivity contribution in [1.29, 1.82) is 0 Å². The molecule has 4 nitrogen and oxygen atoms in total. The second kappa shape index (κ2) is 13.8. The lowest BCUT2D eigenvalue weighted by molar-refractivity contribution is 0.669. The van der Waals surface area contributed by atoms with Gasteiger partial charge in [0.25, 0.3) is 0 Å². The van der Waals surface area contributed by atoms with E-state index in [4.69, 9.17) is 19.4 Å². The molecule has 10 aromatic rings. The van der Waals surface area contributed by atoms with Crippen molar-refractivity contribution in [3.05, 3.63) is 200 Å². The maximum atomic E-state index is 6.44. The summed E-state index contributed by atoms with van der Waals surface area (Å²) < 4.78 is 6.44. The molecule has 0 fully saturated rings. The van der Waals surface area contributed by atoms with Gasteiger partial charge in [-0.05, 0) is 93.0 Å². The summed E-state index contributed by atoms with van der Waals surface area (Å²) in [7, 11) is 0. The zero-order chi connectivity index (χ0) is 36.6. The van der Waals surface area contributed by atoms with Crippen LogP contribution in [0.3, 0.4) is 0 Å². The van der Waals surface area contributed by atoms with Crippen molar-refractivity contribution >= 4 is 21.9 Å². The second-order valence-electron chi connectivity index (χ2n) is 13.7. The van der Waals surface area contributed by atoms with Crippen LogP contribution >= 0.6 is 0 Å². The van der Waals surface area contributed by atoms with E-state index < -0.39 is 0 Å². The maximum Gasteiger partial charge on any atom is 0.164 e. The van der Waals surface area contributed by atoms with Crippen molar-refractivity contribution in [2.45, 2.75) is 0 Å². The molecule has 0 spiro atoms. The van der Waals surface area contributed by atoms with E-state index in [9.17, 15) is 0 Å². The zero-order valence-corrected chi connectivity index (χ0v) is 29.8. The van der Waals surface area contributed by atoms with Gasteiger partial charge >= 0.3 is 0 Å². The molecule has 2 aromatic heterocycles. The van der Waals surface area contributed by atoms with Gasteiger partial charge in [-0.1, -0.05) is 152 Å². The summed E-state index contributed by atoms with van der Waals surface area (Å²) in [6.07, 6.45) is 0. The Morgan fingerprint density at radius 1 is 0.236 bits per heavy atom. The highest BCUT2D eigenvalue weighted by Gasteiger charge is 2.15. The molecule has 0 saturated carbocycles. The van der Waals surface area contributed by atoms with E-state index in [1.165, 1.54) is 33.4 Å². The van der Waals surface area contributed by atoms with E-state index >= 15 is 0 Å². The number of benzene rings is 8. The van der Waals surface area contributed by atoms with E-state index in [2.05, 4.69) is 127 Å². The van der Waals surface area contributed by atoms with Gasteiger partial charge in [0.05, 0.1) is 0 Å². The van der Waals surface area contributed by atoms with Crippen molar-refractivity contribution in [3.8, 4) is 78.7 Å². The minimum atomic E-state index is 0.617. The van der Waals surface area contributed by atoms with Crippen molar-refractivity contribution in [1.82, 2.24) is 15.0 Å². The van der Waals surface area contributed by atoms with Crippen LogP contribution in [-0.4, -0.2) is 15.0 Å². The van der Waals surface area contributed by atoms with Gasteiger partial charge in [-0.15, -0.1) is 0 Å². The van der Waals surface area contributed by atoms with E-state index in [-0.39, 0.29) is 0 Å². The summed E-state index contributed by atoms with van der Waals surface area (Å²) in [5.41, 5.74) is 13.8. The number of fused-ring (bicyclic) bond motifs is 3. The van der Waals surface area contributed by atoms with Gasteiger partial charge in [0.15, 0.2) is 17.5 Å². The summed E-state index contributed by atoms with van der Waals surface area (Å²) >= 11 is 0. The molecule has 4 heteroatoms. The van der Waals surface area contributed by atoms with Crippen molar-refractivity contribution < 1.29 is 4.42 Å². The van der Waals surface area contributed by atoms with Crippen molar-refractivity contribution in [2.24, 2.45) is 0 Å². The van der Waals surface area contributed by atoms with Gasteiger partial charge in [-0.3, -0.25) is 0 Å². The number of rotatable bonds is 7. The quantitative estimate of drug-likeness (QED) is 0.166. The molecule has 0 amide bonds. The number of aromatic nitrogens is 3. The first kappa shape index (κ1) is 32.2. The van der Waals surface area contributed by atoms with Gasteiger partial charge in [-0.2, -0.15) is 0 Å². The van der Waals surface area contributed by atoms with Crippen LogP contribution in [0.15, 0.2) is 205 Å². The molecule has 0 atom stereocenters. The van der Waals surface area contributed by atoms with Gasteiger partial charge in [0.2, 0.25) is 0 Å². The highest BCUT2D eigenvalue weighted by atomic mass is 16.3. The summed E-state index contributed by atoms with van der Waals surface area (Å²) in [6.45, 7) is 0. The standard InChI is InChI=1S/C51H33N3O/c1-5-13-34(14-6-1)42-29-43(35-15-7-2-8-16-35)31-44(30-42)37-23-21-36(22-24-37)40-25-27-45-46-32-41(26-28-47(46)55-48(45)33-40)51-53-49(38-17-9-3-10-18-38)52-50(54-51)39-19-11-4-12-20-39/h1-33H. The molecule has 0 unspecified atom stereocenters. The Bertz CT molecular complexity index is 2820. The number of hydrogen-bond donors (Lipinski definition) is 0. The van der Waals surface area contributed by atoms with Crippen LogP contribution in [0.25, 0.3) is 101 Å². The van der Waals surface area contributed by atoms with Crippen LogP contribution in [0.1, 0.15) is 0 Å². The predicted molar refractivity (Wildman–Crippen MR) is 225 cm³/mol. The highest BCUT2D eigenvalue weighted by Crippen LogP contribution is 2.37. The van der Waals surface area contributed by atoms with Gasteiger partial charge in [-0.25, -0.2) is 15.0 Å². The third-order valence-electron chi connectivity index (χ3n) is 10.1. The van der Waals surface area contributed by atoms with Gasteiger partial charge < -0.3 is 4.42 Å². The molecular formula is C51H33N3O. The van der Waals surface area contributed by atoms with Crippen LogP contribution in [0.2, 0.25) is 0 Å². The molecule has 0 N–H and O–H groups in total. The van der Waals surface area contributed by atoms with Gasteiger partial charge in [0.1, 0.15) is 11.2 Å². The highest BCUT2D eigenvalue weighted by molar-refractivity contribution is 6.07. The number of nitrogens with zero attached hydrogens (tertiary/aromatic N) is 3. The fourth-order valence-electron chi connectivity index (χ4n) is 7.28. The third-order valence-corrected chi connectivity index (χ3v) is 10.1. The Hall–Kier alpha value is -7.43. The molecule has 0 saturated heterocycles. The van der Waals surface area contributed by atoms with Crippen LogP contribution in [0.4, 0.5) is 0 Å². The SMILES string of the molecule is c1ccc(-c2cc(-c3ccccc3)cc(-c3ccc(-c4ccc5c(c4)oc4ccc(-c6nc(-c7ccccc7)nc(-c7ccccc7)n6)cc45)cc3)c2)cc1. The fourth-order valence-corrected chi connectivity index (χ4v) is 7.28. The minimum Gasteiger partial charge on any atom is -0.456 e. The average molecular weight is 704 g/mol. The number of furan rings is 1. The first-order valence-corrected chi connectivity index (χ1v) is 18.4. The lowest BCUT2D eigenvalue weighted by Crippen LogP contribution is -2.00. The molecule has 0 aliphatic carbocycles. The molecule has 258 valence electrons. The Morgan fingerprint density at radius 2 is 0.618 bits per heavy atom. The third kappa shape index (κ3) is 6.36. The van der Waals surface area contributed by atoms with Crippen molar-refractivity contribution in [2.75, 3.05) is 0 Å². The molecule has 0 radical (unpaired) electrons. The molecule has 10 rings (SSSR count). The van der Waals surface area contributed by atoms with Crippen LogP contribution < -0.4 is 0 Å². The lowest BCUT2D eigenvalue weighted by atomic mass is 9.92. The van der Waals surface area contributed by atoms with Gasteiger partial charge in [0, 0.05) is 27.5 Å². The normalized spacial score (nSPS) is 11.3. The molecule has 8 aromatic carbocycles. The summed E-state index contributed by atoms with van der Waals surface area (Å²) in [4.78, 5) is 14.7. The fraction of sp³-hybridized carbons (Fsp3) is 0. The summed E-state index contributed by atoms with van der Waals surface area (Å²) in [5.74, 6) is 1.89. The topological polar surface area (TPSA) is 51.8 Å². The second-order valence-corrected chi connectivity index (χ2v) is 13.7. The average Bonchev–Trinajstić information content (AvgIpc) is 3.64. The first-order chi connectivity index (χ1) is 27.2. The Balaban J connectivity index is 0.994. The van der Waals surface area contributed by atoms with Crippen LogP contribution in [-0.2, 0) is 0 Å². The largest absolute Gasteiger partial charge is 0.456 e.